The number of imidazole rings is 1. The molecule has 2 amide bonds. The largest absolute Gasteiger partial charge is 0.347 e. The summed E-state index contributed by atoms with van der Waals surface area (Å²) in [7, 11) is 0. The van der Waals surface area contributed by atoms with Crippen LogP contribution in [0.25, 0.3) is 11.0 Å². The molecule has 0 spiro atoms. The van der Waals surface area contributed by atoms with Crippen molar-refractivity contribution < 1.29 is 9.59 Å². The summed E-state index contributed by atoms with van der Waals surface area (Å²) < 4.78 is 1.87. The summed E-state index contributed by atoms with van der Waals surface area (Å²) in [5.74, 6) is 0.356. The molecule has 4 aromatic rings. The van der Waals surface area contributed by atoms with E-state index >= 15 is 0 Å². The SMILES string of the molecule is CC(=O)NC(C)c1nc2ccccc2n1CC(=O)Nc1ccccc1Cc1ccccc1. The zero-order valence-electron chi connectivity index (χ0n) is 18.2. The average molecular weight is 427 g/mol. The molecule has 0 saturated carbocycles. The molecule has 6 nitrogen and oxygen atoms in total. The lowest BCUT2D eigenvalue weighted by Crippen LogP contribution is -2.28. The third-order valence-electron chi connectivity index (χ3n) is 5.32. The quantitative estimate of drug-likeness (QED) is 0.458. The van der Waals surface area contributed by atoms with Gasteiger partial charge in [0.25, 0.3) is 0 Å². The van der Waals surface area contributed by atoms with E-state index in [1.807, 2.05) is 78.2 Å². The van der Waals surface area contributed by atoms with Crippen molar-refractivity contribution in [3.63, 3.8) is 0 Å². The van der Waals surface area contributed by atoms with Crippen molar-refractivity contribution >= 4 is 28.5 Å². The number of benzene rings is 3. The van der Waals surface area contributed by atoms with Gasteiger partial charge in [-0.2, -0.15) is 0 Å². The zero-order valence-corrected chi connectivity index (χ0v) is 18.2. The van der Waals surface area contributed by atoms with E-state index < -0.39 is 0 Å². The van der Waals surface area contributed by atoms with E-state index in [1.165, 1.54) is 12.5 Å². The second-order valence-electron chi connectivity index (χ2n) is 7.83. The summed E-state index contributed by atoms with van der Waals surface area (Å²) in [4.78, 5) is 29.3. The Morgan fingerprint density at radius 1 is 0.938 bits per heavy atom. The van der Waals surface area contributed by atoms with Crippen molar-refractivity contribution in [3.05, 3.63) is 95.8 Å². The minimum atomic E-state index is -0.321. The monoisotopic (exact) mass is 426 g/mol. The Kier molecular flexibility index (Phi) is 6.31. The molecule has 1 atom stereocenters. The van der Waals surface area contributed by atoms with Crippen LogP contribution in [0.4, 0.5) is 5.69 Å². The van der Waals surface area contributed by atoms with Gasteiger partial charge in [-0.1, -0.05) is 60.7 Å². The van der Waals surface area contributed by atoms with E-state index in [0.29, 0.717) is 5.82 Å². The van der Waals surface area contributed by atoms with Gasteiger partial charge in [-0.25, -0.2) is 4.98 Å². The molecule has 162 valence electrons. The predicted octanol–water partition coefficient (Wildman–Crippen LogP) is 4.46. The molecule has 4 rings (SSSR count). The van der Waals surface area contributed by atoms with Gasteiger partial charge in [0.1, 0.15) is 12.4 Å². The number of hydrogen-bond donors (Lipinski definition) is 2. The summed E-state index contributed by atoms with van der Waals surface area (Å²) in [5, 5.41) is 5.93. The molecule has 0 aliphatic rings. The van der Waals surface area contributed by atoms with E-state index in [1.54, 1.807) is 0 Å². The van der Waals surface area contributed by atoms with Crippen molar-refractivity contribution in [2.24, 2.45) is 0 Å². The van der Waals surface area contributed by atoms with Crippen molar-refractivity contribution in [2.75, 3.05) is 5.32 Å². The van der Waals surface area contributed by atoms with E-state index in [2.05, 4.69) is 27.8 Å². The fourth-order valence-corrected chi connectivity index (χ4v) is 3.91. The fraction of sp³-hybridized carbons (Fsp3) is 0.192. The molecule has 0 aliphatic carbocycles. The molecule has 2 N–H and O–H groups in total. The molecule has 0 fully saturated rings. The number of nitrogens with one attached hydrogen (secondary N) is 2. The summed E-state index contributed by atoms with van der Waals surface area (Å²) in [5.41, 5.74) is 4.67. The Hall–Kier alpha value is -3.93. The lowest BCUT2D eigenvalue weighted by Gasteiger charge is -2.16. The Balaban J connectivity index is 1.58. The minimum absolute atomic E-state index is 0.0967. The zero-order chi connectivity index (χ0) is 22.5. The lowest BCUT2D eigenvalue weighted by atomic mass is 10.0. The highest BCUT2D eigenvalue weighted by Crippen LogP contribution is 2.22. The highest BCUT2D eigenvalue weighted by atomic mass is 16.2. The highest BCUT2D eigenvalue weighted by molar-refractivity contribution is 5.92. The first-order chi connectivity index (χ1) is 15.5. The number of anilines is 1. The minimum Gasteiger partial charge on any atom is -0.347 e. The maximum absolute atomic E-state index is 13.1. The predicted molar refractivity (Wildman–Crippen MR) is 126 cm³/mol. The van der Waals surface area contributed by atoms with Gasteiger partial charge in [0, 0.05) is 12.6 Å². The van der Waals surface area contributed by atoms with Gasteiger partial charge >= 0.3 is 0 Å². The van der Waals surface area contributed by atoms with E-state index in [9.17, 15) is 9.59 Å². The van der Waals surface area contributed by atoms with Crippen molar-refractivity contribution in [2.45, 2.75) is 32.9 Å². The van der Waals surface area contributed by atoms with Crippen molar-refractivity contribution in [1.29, 1.82) is 0 Å². The number of rotatable bonds is 7. The Bertz CT molecular complexity index is 1250. The van der Waals surface area contributed by atoms with Gasteiger partial charge in [-0.3, -0.25) is 9.59 Å². The first-order valence-electron chi connectivity index (χ1n) is 10.6. The number of fused-ring (bicyclic) bond motifs is 1. The normalized spacial score (nSPS) is 11.8. The number of carbonyl (C=O) groups excluding carboxylic acids is 2. The Morgan fingerprint density at radius 3 is 2.41 bits per heavy atom. The standard InChI is InChI=1S/C26H26N4O2/c1-18(27-19(2)31)26-29-23-14-8-9-15-24(23)30(26)17-25(32)28-22-13-7-6-12-21(22)16-20-10-4-3-5-11-20/h3-15,18H,16-17H2,1-2H3,(H,27,31)(H,28,32). The first kappa shape index (κ1) is 21.3. The van der Waals surface area contributed by atoms with Crippen molar-refractivity contribution in [1.82, 2.24) is 14.9 Å². The lowest BCUT2D eigenvalue weighted by molar-refractivity contribution is -0.119. The van der Waals surface area contributed by atoms with Crippen LogP contribution >= 0.6 is 0 Å². The molecule has 0 radical (unpaired) electrons. The van der Waals surface area contributed by atoms with Crippen LogP contribution in [0.1, 0.15) is 36.8 Å². The first-order valence-corrected chi connectivity index (χ1v) is 10.6. The molecular formula is C26H26N4O2. The molecule has 32 heavy (non-hydrogen) atoms. The molecule has 0 aliphatic heterocycles. The Morgan fingerprint density at radius 2 is 1.62 bits per heavy atom. The highest BCUT2D eigenvalue weighted by Gasteiger charge is 2.19. The van der Waals surface area contributed by atoms with Gasteiger partial charge in [0.15, 0.2) is 0 Å². The summed E-state index contributed by atoms with van der Waals surface area (Å²) in [6.07, 6.45) is 0.732. The number of amides is 2. The van der Waals surface area contributed by atoms with Crippen LogP contribution in [-0.2, 0) is 22.6 Å². The second kappa shape index (κ2) is 9.47. The Labute approximate surface area is 187 Å². The maximum atomic E-state index is 13.1. The molecule has 1 unspecified atom stereocenters. The van der Waals surface area contributed by atoms with Crippen LogP contribution in [0.15, 0.2) is 78.9 Å². The van der Waals surface area contributed by atoms with Crippen LogP contribution in [0, 0.1) is 0 Å². The fourth-order valence-electron chi connectivity index (χ4n) is 3.91. The number of para-hydroxylation sites is 3. The molecule has 0 saturated heterocycles. The molecule has 0 bridgehead atoms. The number of hydrogen-bond acceptors (Lipinski definition) is 3. The molecule has 1 aromatic heterocycles. The van der Waals surface area contributed by atoms with E-state index in [4.69, 9.17) is 0 Å². The molecular weight excluding hydrogens is 400 g/mol. The smallest absolute Gasteiger partial charge is 0.244 e. The van der Waals surface area contributed by atoms with Gasteiger partial charge in [0.2, 0.25) is 11.8 Å². The van der Waals surface area contributed by atoms with E-state index in [0.717, 1.165) is 28.7 Å². The van der Waals surface area contributed by atoms with Crippen LogP contribution in [0.5, 0.6) is 0 Å². The second-order valence-corrected chi connectivity index (χ2v) is 7.83. The van der Waals surface area contributed by atoms with Crippen LogP contribution < -0.4 is 10.6 Å². The third kappa shape index (κ3) is 4.86. The average Bonchev–Trinajstić information content (AvgIpc) is 3.14. The summed E-state index contributed by atoms with van der Waals surface area (Å²) >= 11 is 0. The summed E-state index contributed by atoms with van der Waals surface area (Å²) in [6, 6.07) is 25.4. The topological polar surface area (TPSA) is 76.0 Å². The van der Waals surface area contributed by atoms with Crippen molar-refractivity contribution in [3.8, 4) is 0 Å². The maximum Gasteiger partial charge on any atom is 0.244 e. The molecule has 6 heteroatoms. The molecule has 3 aromatic carbocycles. The number of aromatic nitrogens is 2. The van der Waals surface area contributed by atoms with Gasteiger partial charge in [-0.05, 0) is 42.7 Å². The number of nitrogens with zero attached hydrogens (tertiary/aromatic N) is 2. The van der Waals surface area contributed by atoms with Gasteiger partial charge < -0.3 is 15.2 Å². The van der Waals surface area contributed by atoms with Crippen LogP contribution in [-0.4, -0.2) is 21.4 Å². The number of carbonyl (C=O) groups is 2. The van der Waals surface area contributed by atoms with E-state index in [-0.39, 0.29) is 24.4 Å². The van der Waals surface area contributed by atoms with Crippen LogP contribution in [0.2, 0.25) is 0 Å². The molecule has 1 heterocycles. The van der Waals surface area contributed by atoms with Gasteiger partial charge in [-0.15, -0.1) is 0 Å². The van der Waals surface area contributed by atoms with Crippen LogP contribution in [0.3, 0.4) is 0 Å². The third-order valence-corrected chi connectivity index (χ3v) is 5.32. The summed E-state index contributed by atoms with van der Waals surface area (Å²) in [6.45, 7) is 3.44. The van der Waals surface area contributed by atoms with Gasteiger partial charge in [0.05, 0.1) is 17.1 Å².